The Morgan fingerprint density at radius 2 is 1.78 bits per heavy atom. The number of ether oxygens (including phenoxy) is 2. The van der Waals surface area contributed by atoms with E-state index in [0.29, 0.717) is 35.9 Å². The summed E-state index contributed by atoms with van der Waals surface area (Å²) in [6, 6.07) is 1.17. The number of nitrogens with zero attached hydrogens (tertiary/aromatic N) is 4. The van der Waals surface area contributed by atoms with Crippen LogP contribution in [0.25, 0.3) is 11.2 Å². The molecule has 4 heterocycles. The third kappa shape index (κ3) is 5.26. The molecule has 2 aromatic rings. The van der Waals surface area contributed by atoms with Crippen molar-refractivity contribution in [2.24, 2.45) is 11.8 Å². The minimum atomic E-state index is 0.268. The molecule has 0 radical (unpaired) electrons. The number of rotatable bonds is 10. The molecule has 0 aliphatic carbocycles. The second-order valence-electron chi connectivity index (χ2n) is 9.16. The molecule has 2 fully saturated rings. The van der Waals surface area contributed by atoms with Gasteiger partial charge in [-0.25, -0.2) is 0 Å². The number of anilines is 1. The maximum absolute atomic E-state index is 6.29. The van der Waals surface area contributed by atoms with Gasteiger partial charge in [0, 0.05) is 6.04 Å². The summed E-state index contributed by atoms with van der Waals surface area (Å²) in [4.78, 5) is 13.8. The quantitative estimate of drug-likeness (QED) is 0.479. The van der Waals surface area contributed by atoms with Crippen molar-refractivity contribution in [2.75, 3.05) is 45.6 Å². The molecule has 1 unspecified atom stereocenters. The van der Waals surface area contributed by atoms with Crippen LogP contribution in [-0.2, 0) is 0 Å². The van der Waals surface area contributed by atoms with Crippen molar-refractivity contribution in [2.45, 2.75) is 64.3 Å². The van der Waals surface area contributed by atoms with Crippen molar-refractivity contribution in [3.63, 3.8) is 0 Å². The van der Waals surface area contributed by atoms with Gasteiger partial charge in [0.1, 0.15) is 0 Å². The number of piperidine rings is 2. The van der Waals surface area contributed by atoms with Crippen LogP contribution in [0.3, 0.4) is 0 Å². The number of fused-ring (bicyclic) bond motifs is 1. The molecule has 9 heteroatoms. The molecule has 32 heavy (non-hydrogen) atoms. The summed E-state index contributed by atoms with van der Waals surface area (Å²) in [7, 11) is 1.67. The number of unbranched alkanes of at least 4 members (excludes halogenated alkanes) is 1. The molecule has 178 valence electrons. The number of nitrogen functional groups attached to an aromatic ring is 1. The molecule has 0 aromatic carbocycles. The minimum Gasteiger partial charge on any atom is -0.468 e. The Hall–Kier alpha value is -2.13. The third-order valence-electron chi connectivity index (χ3n) is 7.01. The Labute approximate surface area is 190 Å². The smallest absolute Gasteiger partial charge is 0.320 e. The van der Waals surface area contributed by atoms with Gasteiger partial charge >= 0.3 is 6.01 Å². The monoisotopic (exact) mass is 445 g/mol. The second kappa shape index (κ2) is 11.1. The number of aromatic nitrogens is 4. The number of nitrogens with two attached hydrogens (primary N) is 1. The SMILES string of the molecule is CCCCOc1nc(N)c2nc(OC)n(C(CCC3CCNCC3)C3CCNCC3)c2n1. The van der Waals surface area contributed by atoms with E-state index in [1.54, 1.807) is 7.11 Å². The number of nitrogens with one attached hydrogen (secondary N) is 2. The van der Waals surface area contributed by atoms with E-state index in [9.17, 15) is 0 Å². The van der Waals surface area contributed by atoms with E-state index < -0.39 is 0 Å². The lowest BCUT2D eigenvalue weighted by molar-refractivity contribution is 0.210. The van der Waals surface area contributed by atoms with Gasteiger partial charge in [0.2, 0.25) is 0 Å². The first-order valence-corrected chi connectivity index (χ1v) is 12.3. The van der Waals surface area contributed by atoms with Crippen LogP contribution < -0.4 is 25.8 Å². The second-order valence-corrected chi connectivity index (χ2v) is 9.16. The maximum Gasteiger partial charge on any atom is 0.320 e. The molecule has 9 nitrogen and oxygen atoms in total. The summed E-state index contributed by atoms with van der Waals surface area (Å²) in [5, 5.41) is 6.98. The lowest BCUT2D eigenvalue weighted by atomic mass is 9.84. The fourth-order valence-electron chi connectivity index (χ4n) is 5.15. The molecule has 0 spiro atoms. The fraction of sp³-hybridized carbons (Fsp3) is 0.783. The van der Waals surface area contributed by atoms with Crippen LogP contribution >= 0.6 is 0 Å². The average Bonchev–Trinajstić information content (AvgIpc) is 3.20. The number of imidazole rings is 1. The molecule has 4 N–H and O–H groups in total. The van der Waals surface area contributed by atoms with Gasteiger partial charge in [-0.2, -0.15) is 15.0 Å². The molecule has 4 rings (SSSR count). The zero-order valence-electron chi connectivity index (χ0n) is 19.6. The molecule has 0 amide bonds. The Morgan fingerprint density at radius 1 is 1.06 bits per heavy atom. The van der Waals surface area contributed by atoms with Crippen molar-refractivity contribution in [3.8, 4) is 12.0 Å². The lowest BCUT2D eigenvalue weighted by Crippen LogP contribution is -2.34. The third-order valence-corrected chi connectivity index (χ3v) is 7.01. The highest BCUT2D eigenvalue weighted by molar-refractivity contribution is 5.83. The summed E-state index contributed by atoms with van der Waals surface area (Å²) in [5.74, 6) is 1.67. The van der Waals surface area contributed by atoms with Gasteiger partial charge in [0.05, 0.1) is 13.7 Å². The van der Waals surface area contributed by atoms with Gasteiger partial charge < -0.3 is 25.8 Å². The molecule has 0 bridgehead atoms. The number of methoxy groups -OCH3 is 1. The Balaban J connectivity index is 1.68. The van der Waals surface area contributed by atoms with Crippen molar-refractivity contribution in [3.05, 3.63) is 0 Å². The van der Waals surface area contributed by atoms with Gasteiger partial charge in [-0.3, -0.25) is 4.57 Å². The summed E-state index contributed by atoms with van der Waals surface area (Å²) < 4.78 is 13.8. The maximum atomic E-state index is 6.29. The molecular formula is C23H39N7O2. The molecule has 2 aliphatic heterocycles. The van der Waals surface area contributed by atoms with Crippen LogP contribution in [0.15, 0.2) is 0 Å². The topological polar surface area (TPSA) is 112 Å². The summed E-state index contributed by atoms with van der Waals surface area (Å²) in [5.41, 5.74) is 7.62. The molecule has 0 saturated carbocycles. The van der Waals surface area contributed by atoms with Gasteiger partial charge in [-0.05, 0) is 83.0 Å². The normalized spacial score (nSPS) is 19.3. The predicted octanol–water partition coefficient (Wildman–Crippen LogP) is 2.92. The molecule has 2 aliphatic rings. The van der Waals surface area contributed by atoms with Crippen LogP contribution in [0.1, 0.15) is 64.3 Å². The van der Waals surface area contributed by atoms with Gasteiger partial charge in [0.15, 0.2) is 17.0 Å². The highest BCUT2D eigenvalue weighted by atomic mass is 16.5. The first-order chi connectivity index (χ1) is 15.7. The van der Waals surface area contributed by atoms with E-state index >= 15 is 0 Å². The van der Waals surface area contributed by atoms with Crippen LogP contribution in [0.2, 0.25) is 0 Å². The summed E-state index contributed by atoms with van der Waals surface area (Å²) >= 11 is 0. The Bertz CT molecular complexity index is 860. The summed E-state index contributed by atoms with van der Waals surface area (Å²) in [6.07, 6.45) is 9.10. The van der Waals surface area contributed by atoms with E-state index in [0.717, 1.165) is 69.8 Å². The van der Waals surface area contributed by atoms with E-state index in [2.05, 4.69) is 32.1 Å². The summed E-state index contributed by atoms with van der Waals surface area (Å²) in [6.45, 7) is 7.07. The zero-order chi connectivity index (χ0) is 22.3. The molecule has 2 aromatic heterocycles. The standard InChI is InChI=1S/C23H39N7O2/c1-3-4-15-32-22-28-20(24)19-21(29-22)30(23(27-19)31-2)18(17-9-13-26-14-10-17)6-5-16-7-11-25-12-8-16/h16-18,25-26H,3-15H2,1-2H3,(H2,24,28,29). The van der Waals surface area contributed by atoms with Crippen LogP contribution in [0.4, 0.5) is 5.82 Å². The predicted molar refractivity (Wildman–Crippen MR) is 126 cm³/mol. The van der Waals surface area contributed by atoms with Crippen molar-refractivity contribution >= 4 is 17.0 Å². The van der Waals surface area contributed by atoms with Crippen molar-refractivity contribution < 1.29 is 9.47 Å². The van der Waals surface area contributed by atoms with Gasteiger partial charge in [0.25, 0.3) is 6.01 Å². The van der Waals surface area contributed by atoms with E-state index in [1.165, 1.54) is 19.3 Å². The molecular weight excluding hydrogens is 406 g/mol. The Morgan fingerprint density at radius 3 is 2.47 bits per heavy atom. The number of hydrogen-bond donors (Lipinski definition) is 3. The van der Waals surface area contributed by atoms with Gasteiger partial charge in [-0.15, -0.1) is 0 Å². The zero-order valence-corrected chi connectivity index (χ0v) is 19.6. The van der Waals surface area contributed by atoms with E-state index in [-0.39, 0.29) is 6.04 Å². The first kappa shape index (κ1) is 23.0. The minimum absolute atomic E-state index is 0.268. The highest BCUT2D eigenvalue weighted by Crippen LogP contribution is 2.39. The van der Waals surface area contributed by atoms with E-state index in [4.69, 9.17) is 20.2 Å². The highest BCUT2D eigenvalue weighted by Gasteiger charge is 2.31. The largest absolute Gasteiger partial charge is 0.468 e. The fourth-order valence-corrected chi connectivity index (χ4v) is 5.15. The van der Waals surface area contributed by atoms with Crippen molar-refractivity contribution in [1.82, 2.24) is 30.2 Å². The van der Waals surface area contributed by atoms with Gasteiger partial charge in [-0.1, -0.05) is 13.3 Å². The lowest BCUT2D eigenvalue weighted by Gasteiger charge is -2.33. The van der Waals surface area contributed by atoms with E-state index in [1.807, 2.05) is 0 Å². The van der Waals surface area contributed by atoms with Crippen LogP contribution in [0.5, 0.6) is 12.0 Å². The Kier molecular flexibility index (Phi) is 8.02. The van der Waals surface area contributed by atoms with Crippen LogP contribution in [-0.4, -0.2) is 59.4 Å². The average molecular weight is 446 g/mol. The molecule has 2 saturated heterocycles. The number of hydrogen-bond acceptors (Lipinski definition) is 8. The molecule has 1 atom stereocenters. The first-order valence-electron chi connectivity index (χ1n) is 12.3. The van der Waals surface area contributed by atoms with Crippen LogP contribution in [0, 0.1) is 11.8 Å². The van der Waals surface area contributed by atoms with Crippen molar-refractivity contribution in [1.29, 1.82) is 0 Å².